The number of nitrogens with zero attached hydrogens (tertiary/aromatic N) is 2. The SMILES string of the molecule is c1cnc2c(c1)OCC(c1ccc(CN3CC4CC3CN4)cc1)O2. The molecule has 2 fully saturated rings. The van der Waals surface area contributed by atoms with Crippen molar-refractivity contribution in [3.63, 3.8) is 0 Å². The van der Waals surface area contributed by atoms with Crippen LogP contribution in [0.3, 0.4) is 0 Å². The van der Waals surface area contributed by atoms with E-state index in [2.05, 4.69) is 39.5 Å². The second-order valence-electron chi connectivity index (χ2n) is 6.89. The van der Waals surface area contributed by atoms with Crippen molar-refractivity contribution in [1.82, 2.24) is 15.2 Å². The molecule has 1 aromatic heterocycles. The normalized spacial score (nSPS) is 28.2. The number of nitrogens with one attached hydrogen (secondary N) is 1. The molecule has 24 heavy (non-hydrogen) atoms. The minimum atomic E-state index is -0.0894. The first-order valence-corrected chi connectivity index (χ1v) is 8.66. The van der Waals surface area contributed by atoms with Gasteiger partial charge >= 0.3 is 0 Å². The number of hydrogen-bond donors (Lipinski definition) is 1. The number of rotatable bonds is 3. The first-order chi connectivity index (χ1) is 11.8. The number of hydrogen-bond acceptors (Lipinski definition) is 5. The number of piperazine rings is 1. The van der Waals surface area contributed by atoms with Crippen molar-refractivity contribution >= 4 is 0 Å². The summed E-state index contributed by atoms with van der Waals surface area (Å²) in [7, 11) is 0. The van der Waals surface area contributed by atoms with Crippen molar-refractivity contribution in [2.75, 3.05) is 19.7 Å². The number of benzene rings is 1. The Morgan fingerprint density at radius 2 is 2.12 bits per heavy atom. The van der Waals surface area contributed by atoms with E-state index < -0.39 is 0 Å². The lowest BCUT2D eigenvalue weighted by Gasteiger charge is -2.28. The molecule has 5 heteroatoms. The highest BCUT2D eigenvalue weighted by molar-refractivity contribution is 5.36. The van der Waals surface area contributed by atoms with Crippen LogP contribution in [0.4, 0.5) is 0 Å². The summed E-state index contributed by atoms with van der Waals surface area (Å²) in [5, 5.41) is 3.55. The van der Waals surface area contributed by atoms with E-state index >= 15 is 0 Å². The van der Waals surface area contributed by atoms with E-state index in [9.17, 15) is 0 Å². The lowest BCUT2D eigenvalue weighted by atomic mass is 10.1. The maximum Gasteiger partial charge on any atom is 0.257 e. The van der Waals surface area contributed by atoms with Gasteiger partial charge in [-0.05, 0) is 29.7 Å². The van der Waals surface area contributed by atoms with Gasteiger partial charge in [-0.3, -0.25) is 4.90 Å². The third-order valence-corrected chi connectivity index (χ3v) is 5.29. The maximum absolute atomic E-state index is 5.98. The van der Waals surface area contributed by atoms with Crippen LogP contribution in [0.15, 0.2) is 42.6 Å². The first-order valence-electron chi connectivity index (χ1n) is 8.66. The van der Waals surface area contributed by atoms with E-state index in [1.54, 1.807) is 6.20 Å². The molecule has 0 saturated carbocycles. The van der Waals surface area contributed by atoms with Crippen molar-refractivity contribution in [3.05, 3.63) is 53.7 Å². The van der Waals surface area contributed by atoms with Crippen LogP contribution in [-0.4, -0.2) is 41.7 Å². The summed E-state index contributed by atoms with van der Waals surface area (Å²) >= 11 is 0. The van der Waals surface area contributed by atoms with Crippen LogP contribution >= 0.6 is 0 Å². The number of ether oxygens (including phenoxy) is 2. The number of pyridine rings is 1. The molecular formula is C19H21N3O2. The van der Waals surface area contributed by atoms with E-state index in [4.69, 9.17) is 9.47 Å². The third-order valence-electron chi connectivity index (χ3n) is 5.29. The molecule has 124 valence electrons. The predicted molar refractivity (Wildman–Crippen MR) is 90.1 cm³/mol. The van der Waals surface area contributed by atoms with Gasteiger partial charge in [0, 0.05) is 37.9 Å². The number of aromatic nitrogens is 1. The Bertz CT molecular complexity index is 734. The fourth-order valence-corrected chi connectivity index (χ4v) is 3.99. The second-order valence-corrected chi connectivity index (χ2v) is 6.89. The van der Waals surface area contributed by atoms with Gasteiger partial charge in [0.15, 0.2) is 11.9 Å². The Morgan fingerprint density at radius 1 is 1.21 bits per heavy atom. The van der Waals surface area contributed by atoms with Gasteiger partial charge in [0.25, 0.3) is 5.88 Å². The summed E-state index contributed by atoms with van der Waals surface area (Å²) < 4.78 is 11.7. The number of fused-ring (bicyclic) bond motifs is 3. The van der Waals surface area contributed by atoms with Crippen LogP contribution in [0.5, 0.6) is 11.6 Å². The Labute approximate surface area is 141 Å². The van der Waals surface area contributed by atoms with Gasteiger partial charge in [-0.15, -0.1) is 0 Å². The van der Waals surface area contributed by atoms with E-state index in [-0.39, 0.29) is 6.10 Å². The highest BCUT2D eigenvalue weighted by atomic mass is 16.6. The molecule has 3 atom stereocenters. The van der Waals surface area contributed by atoms with Gasteiger partial charge in [-0.2, -0.15) is 0 Å². The molecule has 3 aliphatic rings. The predicted octanol–water partition coefficient (Wildman–Crippen LogP) is 2.14. The molecule has 1 N–H and O–H groups in total. The first kappa shape index (κ1) is 14.3. The summed E-state index contributed by atoms with van der Waals surface area (Å²) in [4.78, 5) is 6.84. The Morgan fingerprint density at radius 3 is 2.92 bits per heavy atom. The van der Waals surface area contributed by atoms with Gasteiger partial charge in [0.05, 0.1) is 0 Å². The van der Waals surface area contributed by atoms with Crippen LogP contribution in [0.1, 0.15) is 23.7 Å². The molecule has 3 aliphatic heterocycles. The van der Waals surface area contributed by atoms with Gasteiger partial charge in [-0.1, -0.05) is 24.3 Å². The smallest absolute Gasteiger partial charge is 0.257 e. The summed E-state index contributed by atoms with van der Waals surface area (Å²) in [5.74, 6) is 1.31. The van der Waals surface area contributed by atoms with E-state index in [0.717, 1.165) is 24.4 Å². The lowest BCUT2D eigenvalue weighted by molar-refractivity contribution is 0.0850. The van der Waals surface area contributed by atoms with Crippen LogP contribution in [-0.2, 0) is 6.54 Å². The van der Waals surface area contributed by atoms with Crippen LogP contribution < -0.4 is 14.8 Å². The van der Waals surface area contributed by atoms with E-state index in [1.165, 1.54) is 18.5 Å². The largest absolute Gasteiger partial charge is 0.484 e. The molecule has 2 bridgehead atoms. The maximum atomic E-state index is 5.98. The highest BCUT2D eigenvalue weighted by Gasteiger charge is 2.37. The summed E-state index contributed by atoms with van der Waals surface area (Å²) in [6.45, 7) is 3.88. The minimum absolute atomic E-state index is 0.0894. The van der Waals surface area contributed by atoms with Crippen LogP contribution in [0.25, 0.3) is 0 Å². The van der Waals surface area contributed by atoms with Gasteiger partial charge in [0.2, 0.25) is 0 Å². The zero-order valence-corrected chi connectivity index (χ0v) is 13.5. The molecule has 1 aromatic carbocycles. The average Bonchev–Trinajstić information content (AvgIpc) is 3.25. The summed E-state index contributed by atoms with van der Waals surface area (Å²) in [5.41, 5.74) is 2.50. The fraction of sp³-hybridized carbons (Fsp3) is 0.421. The van der Waals surface area contributed by atoms with Crippen LogP contribution in [0.2, 0.25) is 0 Å². The van der Waals surface area contributed by atoms with E-state index in [0.29, 0.717) is 24.6 Å². The Kier molecular flexibility index (Phi) is 3.42. The zero-order chi connectivity index (χ0) is 15.9. The zero-order valence-electron chi connectivity index (χ0n) is 13.5. The molecule has 0 spiro atoms. The average molecular weight is 323 g/mol. The molecule has 2 aromatic rings. The monoisotopic (exact) mass is 323 g/mol. The Hall–Kier alpha value is -2.11. The molecule has 0 aliphatic carbocycles. The molecule has 2 saturated heterocycles. The van der Waals surface area contributed by atoms with Gasteiger partial charge in [-0.25, -0.2) is 4.98 Å². The quantitative estimate of drug-likeness (QED) is 0.938. The highest BCUT2D eigenvalue weighted by Crippen LogP contribution is 2.34. The molecule has 5 nitrogen and oxygen atoms in total. The van der Waals surface area contributed by atoms with Crippen LogP contribution in [0, 0.1) is 0 Å². The topological polar surface area (TPSA) is 46.6 Å². The second kappa shape index (κ2) is 5.76. The minimum Gasteiger partial charge on any atom is -0.484 e. The van der Waals surface area contributed by atoms with E-state index in [1.807, 2.05) is 12.1 Å². The third kappa shape index (κ3) is 2.54. The van der Waals surface area contributed by atoms with Gasteiger partial charge in [0.1, 0.15) is 6.61 Å². The molecule has 0 amide bonds. The molecule has 5 rings (SSSR count). The van der Waals surface area contributed by atoms with Crippen molar-refractivity contribution in [3.8, 4) is 11.6 Å². The molecule has 0 radical (unpaired) electrons. The van der Waals surface area contributed by atoms with Gasteiger partial charge < -0.3 is 14.8 Å². The molecular weight excluding hydrogens is 302 g/mol. The van der Waals surface area contributed by atoms with Crippen molar-refractivity contribution in [2.45, 2.75) is 31.2 Å². The van der Waals surface area contributed by atoms with Crippen molar-refractivity contribution < 1.29 is 9.47 Å². The molecule has 3 unspecified atom stereocenters. The molecule has 4 heterocycles. The standard InChI is InChI=1S/C19H21N3O2/c1-2-17-19(20-7-1)24-18(12-23-17)14-5-3-13(4-6-14)10-22-11-15-8-16(22)9-21-15/h1-7,15-16,18,21H,8-12H2. The van der Waals surface area contributed by atoms with Crippen molar-refractivity contribution in [2.24, 2.45) is 0 Å². The summed E-state index contributed by atoms with van der Waals surface area (Å²) in [6, 6.07) is 13.9. The fourth-order valence-electron chi connectivity index (χ4n) is 3.99. The summed E-state index contributed by atoms with van der Waals surface area (Å²) in [6.07, 6.45) is 2.94. The lowest BCUT2D eigenvalue weighted by Crippen LogP contribution is -2.42. The number of likely N-dealkylation sites (tertiary alicyclic amines) is 1. The Balaban J connectivity index is 1.27. The van der Waals surface area contributed by atoms with Crippen molar-refractivity contribution in [1.29, 1.82) is 0 Å².